The first-order valence-electron chi connectivity index (χ1n) is 6.68. The Bertz CT molecular complexity index is 422. The number of carbonyl (C=O) groups excluding carboxylic acids is 1. The van der Waals surface area contributed by atoms with Gasteiger partial charge in [0.25, 0.3) is 0 Å². The van der Waals surface area contributed by atoms with Crippen LogP contribution in [0.15, 0.2) is 0 Å². The molecule has 0 aromatic carbocycles. The first-order valence-corrected chi connectivity index (χ1v) is 8.51. The summed E-state index contributed by atoms with van der Waals surface area (Å²) < 4.78 is 29.0. The van der Waals surface area contributed by atoms with Crippen molar-refractivity contribution in [3.63, 3.8) is 0 Å². The molecule has 1 aliphatic rings. The van der Waals surface area contributed by atoms with E-state index in [2.05, 4.69) is 0 Å². The Hall–Kier alpha value is -0.780. The molecule has 0 bridgehead atoms. The van der Waals surface area contributed by atoms with Crippen molar-refractivity contribution >= 4 is 15.9 Å². The maximum Gasteiger partial charge on any atom is 0.410 e. The highest BCUT2D eigenvalue weighted by Crippen LogP contribution is 2.21. The Kier molecular flexibility index (Phi) is 4.87. The zero-order valence-corrected chi connectivity index (χ0v) is 13.3. The summed E-state index contributed by atoms with van der Waals surface area (Å²) in [5, 5.41) is 0. The van der Waals surface area contributed by atoms with E-state index in [9.17, 15) is 13.2 Å². The van der Waals surface area contributed by atoms with Crippen molar-refractivity contribution in [1.82, 2.24) is 4.90 Å². The van der Waals surface area contributed by atoms with Crippen LogP contribution >= 0.6 is 0 Å². The molecule has 0 aliphatic carbocycles. The topological polar surface area (TPSA) is 63.7 Å². The number of rotatable bonds is 1. The molecule has 6 heteroatoms. The molecule has 1 atom stereocenters. The fourth-order valence-corrected chi connectivity index (χ4v) is 3.79. The van der Waals surface area contributed by atoms with Crippen LogP contribution in [0.2, 0.25) is 0 Å². The van der Waals surface area contributed by atoms with Crippen molar-refractivity contribution in [3.8, 4) is 0 Å². The van der Waals surface area contributed by atoms with Gasteiger partial charge in [-0.2, -0.15) is 0 Å². The number of nitrogens with zero attached hydrogens (tertiary/aromatic N) is 1. The minimum atomic E-state index is -3.07. The van der Waals surface area contributed by atoms with Gasteiger partial charge in [-0.05, 0) is 32.6 Å². The Morgan fingerprint density at radius 1 is 1.32 bits per heavy atom. The van der Waals surface area contributed by atoms with Crippen LogP contribution in [0.5, 0.6) is 0 Å². The van der Waals surface area contributed by atoms with Crippen LogP contribution in [0, 0.1) is 11.8 Å². The lowest BCUT2D eigenvalue weighted by atomic mass is 9.97. The van der Waals surface area contributed by atoms with Gasteiger partial charge >= 0.3 is 6.09 Å². The van der Waals surface area contributed by atoms with Gasteiger partial charge in [0.05, 0.1) is 11.5 Å². The number of carbonyl (C=O) groups is 1. The summed E-state index contributed by atoms with van der Waals surface area (Å²) in [5.41, 5.74) is -0.560. The fourth-order valence-electron chi connectivity index (χ4n) is 1.98. The summed E-state index contributed by atoms with van der Waals surface area (Å²) in [4.78, 5) is 13.6. The Morgan fingerprint density at radius 2 is 1.89 bits per heavy atom. The van der Waals surface area contributed by atoms with Crippen molar-refractivity contribution in [2.75, 3.05) is 24.6 Å². The average molecular weight is 291 g/mol. The largest absolute Gasteiger partial charge is 0.444 e. The van der Waals surface area contributed by atoms with Crippen molar-refractivity contribution in [2.45, 2.75) is 40.2 Å². The number of hydrogen-bond acceptors (Lipinski definition) is 4. The van der Waals surface area contributed by atoms with Gasteiger partial charge in [0.15, 0.2) is 9.84 Å². The molecule has 1 saturated heterocycles. The number of sulfone groups is 1. The third-order valence-corrected chi connectivity index (χ3v) is 4.93. The SMILES string of the molecule is CC(C)C1CN(C(=O)OC(C)(C)C)CCS(=O)(=O)C1. The third kappa shape index (κ3) is 5.38. The summed E-state index contributed by atoms with van der Waals surface area (Å²) in [6, 6.07) is 0. The normalized spacial score (nSPS) is 24.1. The van der Waals surface area contributed by atoms with Crippen LogP contribution in [0.3, 0.4) is 0 Å². The van der Waals surface area contributed by atoms with Gasteiger partial charge in [-0.3, -0.25) is 0 Å². The summed E-state index contributed by atoms with van der Waals surface area (Å²) in [6.07, 6.45) is -0.421. The predicted molar refractivity (Wildman–Crippen MR) is 74.8 cm³/mol. The molecule has 0 radical (unpaired) electrons. The van der Waals surface area contributed by atoms with Gasteiger partial charge < -0.3 is 9.64 Å². The summed E-state index contributed by atoms with van der Waals surface area (Å²) in [7, 11) is -3.07. The zero-order chi connectivity index (χ0) is 14.8. The highest BCUT2D eigenvalue weighted by atomic mass is 32.2. The smallest absolute Gasteiger partial charge is 0.410 e. The minimum Gasteiger partial charge on any atom is -0.444 e. The number of hydrogen-bond donors (Lipinski definition) is 0. The quantitative estimate of drug-likeness (QED) is 0.740. The molecule has 1 fully saturated rings. The monoisotopic (exact) mass is 291 g/mol. The van der Waals surface area contributed by atoms with Gasteiger partial charge in [0.2, 0.25) is 0 Å². The van der Waals surface area contributed by atoms with Gasteiger partial charge in [-0.25, -0.2) is 13.2 Å². The van der Waals surface area contributed by atoms with Crippen LogP contribution in [0.1, 0.15) is 34.6 Å². The Morgan fingerprint density at radius 3 is 2.37 bits per heavy atom. The van der Waals surface area contributed by atoms with Crippen molar-refractivity contribution < 1.29 is 17.9 Å². The first kappa shape index (κ1) is 16.3. The standard InChI is InChI=1S/C13H25NO4S/c1-10(2)11-8-14(6-7-19(16,17)9-11)12(15)18-13(3,4)5/h10-11H,6-9H2,1-5H3. The fraction of sp³-hybridized carbons (Fsp3) is 0.923. The van der Waals surface area contributed by atoms with E-state index in [-0.39, 0.29) is 29.9 Å². The Balaban J connectivity index is 2.82. The van der Waals surface area contributed by atoms with Crippen molar-refractivity contribution in [2.24, 2.45) is 11.8 Å². The lowest BCUT2D eigenvalue weighted by Gasteiger charge is -2.29. The van der Waals surface area contributed by atoms with Crippen LogP contribution < -0.4 is 0 Å². The molecule has 0 aromatic heterocycles. The van der Waals surface area contributed by atoms with E-state index in [0.29, 0.717) is 6.54 Å². The molecule has 1 heterocycles. The number of amides is 1. The second kappa shape index (κ2) is 5.69. The van der Waals surface area contributed by atoms with Gasteiger partial charge in [0.1, 0.15) is 5.60 Å². The molecule has 0 N–H and O–H groups in total. The summed E-state index contributed by atoms with van der Waals surface area (Å²) in [6.45, 7) is 10.1. The van der Waals surface area contributed by atoms with Gasteiger partial charge in [-0.1, -0.05) is 13.8 Å². The lowest BCUT2D eigenvalue weighted by Crippen LogP contribution is -2.40. The molecule has 0 saturated carbocycles. The average Bonchev–Trinajstić information content (AvgIpc) is 2.34. The molecule has 112 valence electrons. The molecular weight excluding hydrogens is 266 g/mol. The van der Waals surface area contributed by atoms with Crippen LogP contribution in [-0.4, -0.2) is 49.6 Å². The second-order valence-corrected chi connectivity index (χ2v) is 8.77. The van der Waals surface area contributed by atoms with E-state index < -0.39 is 21.5 Å². The molecule has 5 nitrogen and oxygen atoms in total. The number of ether oxygens (including phenoxy) is 1. The van der Waals surface area contributed by atoms with Crippen molar-refractivity contribution in [1.29, 1.82) is 0 Å². The third-order valence-electron chi connectivity index (χ3n) is 3.19. The maximum atomic E-state index is 12.1. The van der Waals surface area contributed by atoms with Crippen LogP contribution in [0.25, 0.3) is 0 Å². The second-order valence-electron chi connectivity index (χ2n) is 6.54. The molecule has 0 aromatic rings. The molecule has 1 rings (SSSR count). The maximum absolute atomic E-state index is 12.1. The zero-order valence-electron chi connectivity index (χ0n) is 12.5. The molecule has 1 unspecified atom stereocenters. The summed E-state index contributed by atoms with van der Waals surface area (Å²) in [5.74, 6) is 0.372. The minimum absolute atomic E-state index is 0.0233. The van der Waals surface area contributed by atoms with E-state index in [1.54, 1.807) is 20.8 Å². The highest BCUT2D eigenvalue weighted by Gasteiger charge is 2.32. The molecule has 19 heavy (non-hydrogen) atoms. The molecular formula is C13H25NO4S. The van der Waals surface area contributed by atoms with E-state index >= 15 is 0 Å². The Labute approximate surface area is 116 Å². The molecule has 0 spiro atoms. The molecule has 1 aliphatic heterocycles. The predicted octanol–water partition coefficient (Wildman–Crippen LogP) is 1.92. The lowest BCUT2D eigenvalue weighted by molar-refractivity contribution is 0.0231. The summed E-state index contributed by atoms with van der Waals surface area (Å²) >= 11 is 0. The highest BCUT2D eigenvalue weighted by molar-refractivity contribution is 7.91. The van der Waals surface area contributed by atoms with Crippen LogP contribution in [0.4, 0.5) is 4.79 Å². The molecule has 1 amide bonds. The van der Waals surface area contributed by atoms with E-state index in [1.165, 1.54) is 4.90 Å². The van der Waals surface area contributed by atoms with E-state index in [1.807, 2.05) is 13.8 Å². The first-order chi connectivity index (χ1) is 8.50. The van der Waals surface area contributed by atoms with Crippen molar-refractivity contribution in [3.05, 3.63) is 0 Å². The van der Waals surface area contributed by atoms with Crippen LogP contribution in [-0.2, 0) is 14.6 Å². The van der Waals surface area contributed by atoms with E-state index in [0.717, 1.165) is 0 Å². The van der Waals surface area contributed by atoms with E-state index in [4.69, 9.17) is 4.74 Å². The van der Waals surface area contributed by atoms with Gasteiger partial charge in [0, 0.05) is 13.1 Å². The van der Waals surface area contributed by atoms with Gasteiger partial charge in [-0.15, -0.1) is 0 Å².